The Bertz CT molecular complexity index is 1080. The smallest absolute Gasteiger partial charge is 0.298 e. The van der Waals surface area contributed by atoms with Gasteiger partial charge >= 0.3 is 0 Å². The summed E-state index contributed by atoms with van der Waals surface area (Å²) in [5.74, 6) is 0.771. The number of hydrogen-bond donors (Lipinski definition) is 0. The summed E-state index contributed by atoms with van der Waals surface area (Å²) in [7, 11) is -3.52. The zero-order chi connectivity index (χ0) is 20.6. The lowest BCUT2D eigenvalue weighted by atomic mass is 10.3. The van der Waals surface area contributed by atoms with Crippen molar-refractivity contribution in [2.24, 2.45) is 0 Å². The Morgan fingerprint density at radius 1 is 0.867 bits per heavy atom. The van der Waals surface area contributed by atoms with Gasteiger partial charge in [0.15, 0.2) is 5.58 Å². The molecule has 0 bridgehead atoms. The second-order valence-electron chi connectivity index (χ2n) is 7.31. The lowest BCUT2D eigenvalue weighted by molar-refractivity contribution is 0.0730. The maximum Gasteiger partial charge on any atom is 0.298 e. The summed E-state index contributed by atoms with van der Waals surface area (Å²) in [5.41, 5.74) is 1.64. The minimum atomic E-state index is -3.52. The largest absolute Gasteiger partial charge is 0.423 e. The number of nitrogens with zero attached hydrogens (tertiary/aromatic N) is 5. The van der Waals surface area contributed by atoms with Gasteiger partial charge in [0, 0.05) is 45.5 Å². The molecule has 0 radical (unpaired) electrons. The van der Waals surface area contributed by atoms with Gasteiger partial charge in [0.25, 0.3) is 6.01 Å². The Morgan fingerprint density at radius 2 is 1.60 bits per heavy atom. The van der Waals surface area contributed by atoms with E-state index in [0.29, 0.717) is 32.3 Å². The van der Waals surface area contributed by atoms with Crippen LogP contribution in [0.25, 0.3) is 11.1 Å². The minimum Gasteiger partial charge on any atom is -0.423 e. The third-order valence-electron chi connectivity index (χ3n) is 5.49. The Hall–Kier alpha value is -2.69. The topological polar surface area (TPSA) is 92.0 Å². The van der Waals surface area contributed by atoms with Crippen molar-refractivity contribution in [1.29, 1.82) is 0 Å². The number of anilines is 2. The van der Waals surface area contributed by atoms with Crippen LogP contribution in [0.3, 0.4) is 0 Å². The Morgan fingerprint density at radius 3 is 2.30 bits per heavy atom. The first-order valence-corrected chi connectivity index (χ1v) is 11.4. The van der Waals surface area contributed by atoms with Crippen LogP contribution >= 0.6 is 0 Å². The number of rotatable bonds is 4. The fourth-order valence-corrected chi connectivity index (χ4v) is 5.12. The standard InChI is InChI=1S/C20H23N5O4S/c26-30(27,25-11-13-28-14-12-25)16-5-6-19(21-15-16)23-7-9-24(10-8-23)20-22-17-3-1-2-4-18(17)29-20/h1-6,15H,7-14H2. The van der Waals surface area contributed by atoms with Crippen molar-refractivity contribution in [2.75, 3.05) is 62.3 Å². The Labute approximate surface area is 174 Å². The molecule has 0 unspecified atom stereocenters. The number of pyridine rings is 1. The lowest BCUT2D eigenvalue weighted by Gasteiger charge is -2.34. The number of para-hydroxylation sites is 2. The summed E-state index contributed by atoms with van der Waals surface area (Å²) in [4.78, 5) is 13.5. The highest BCUT2D eigenvalue weighted by Gasteiger charge is 2.27. The molecule has 5 rings (SSSR count). The second-order valence-corrected chi connectivity index (χ2v) is 9.24. The summed E-state index contributed by atoms with van der Waals surface area (Å²) in [5, 5.41) is 0. The second kappa shape index (κ2) is 7.86. The Kier molecular flexibility index (Phi) is 5.05. The highest BCUT2D eigenvalue weighted by molar-refractivity contribution is 7.89. The molecule has 10 heteroatoms. The van der Waals surface area contributed by atoms with E-state index >= 15 is 0 Å². The predicted molar refractivity (Wildman–Crippen MR) is 112 cm³/mol. The first-order valence-electron chi connectivity index (χ1n) is 10.0. The van der Waals surface area contributed by atoms with Gasteiger partial charge in [-0.15, -0.1) is 0 Å². The highest BCUT2D eigenvalue weighted by atomic mass is 32.2. The van der Waals surface area contributed by atoms with E-state index in [0.717, 1.165) is 43.1 Å². The molecule has 30 heavy (non-hydrogen) atoms. The first-order chi connectivity index (χ1) is 14.6. The molecular formula is C20H23N5O4S. The summed E-state index contributed by atoms with van der Waals surface area (Å²) in [6.45, 7) is 4.61. The van der Waals surface area contributed by atoms with Gasteiger partial charge in [-0.3, -0.25) is 0 Å². The number of ether oxygens (including phenoxy) is 1. The fraction of sp³-hybridized carbons (Fsp3) is 0.400. The molecule has 2 aromatic heterocycles. The lowest BCUT2D eigenvalue weighted by Crippen LogP contribution is -2.47. The zero-order valence-corrected chi connectivity index (χ0v) is 17.3. The summed E-state index contributed by atoms with van der Waals surface area (Å²) >= 11 is 0. The van der Waals surface area contributed by atoms with E-state index < -0.39 is 10.0 Å². The number of benzene rings is 1. The van der Waals surface area contributed by atoms with Crippen LogP contribution in [-0.4, -0.2) is 75.2 Å². The van der Waals surface area contributed by atoms with Gasteiger partial charge in [0.05, 0.1) is 13.2 Å². The van der Waals surface area contributed by atoms with Gasteiger partial charge < -0.3 is 19.0 Å². The van der Waals surface area contributed by atoms with E-state index in [-0.39, 0.29) is 4.90 Å². The third-order valence-corrected chi connectivity index (χ3v) is 7.37. The monoisotopic (exact) mass is 429 g/mol. The van der Waals surface area contributed by atoms with Crippen molar-refractivity contribution in [3.63, 3.8) is 0 Å². The maximum atomic E-state index is 12.7. The van der Waals surface area contributed by atoms with Crippen LogP contribution in [0.4, 0.5) is 11.8 Å². The molecule has 2 aliphatic rings. The number of morpholine rings is 1. The van der Waals surface area contributed by atoms with Gasteiger partial charge in [0.2, 0.25) is 10.0 Å². The van der Waals surface area contributed by atoms with Crippen molar-refractivity contribution in [1.82, 2.24) is 14.3 Å². The number of aromatic nitrogens is 2. The fourth-order valence-electron chi connectivity index (χ4n) is 3.77. The van der Waals surface area contributed by atoms with E-state index in [1.54, 1.807) is 12.1 Å². The minimum absolute atomic E-state index is 0.221. The maximum absolute atomic E-state index is 12.7. The summed E-state index contributed by atoms with van der Waals surface area (Å²) in [6, 6.07) is 11.8. The van der Waals surface area contributed by atoms with Crippen LogP contribution in [-0.2, 0) is 14.8 Å². The van der Waals surface area contributed by atoms with E-state index in [9.17, 15) is 8.42 Å². The SMILES string of the molecule is O=S(=O)(c1ccc(N2CCN(c3nc4ccccc4o3)CC2)nc1)N1CCOCC1. The molecule has 2 saturated heterocycles. The molecule has 4 heterocycles. The van der Waals surface area contributed by atoms with Crippen LogP contribution in [0.2, 0.25) is 0 Å². The summed E-state index contributed by atoms with van der Waals surface area (Å²) in [6.07, 6.45) is 1.45. The highest BCUT2D eigenvalue weighted by Crippen LogP contribution is 2.24. The molecular weight excluding hydrogens is 406 g/mol. The zero-order valence-electron chi connectivity index (χ0n) is 16.5. The van der Waals surface area contributed by atoms with Gasteiger partial charge in [-0.1, -0.05) is 12.1 Å². The molecule has 0 aliphatic carbocycles. The van der Waals surface area contributed by atoms with Gasteiger partial charge in [-0.2, -0.15) is 9.29 Å². The van der Waals surface area contributed by atoms with Crippen molar-refractivity contribution in [3.8, 4) is 0 Å². The van der Waals surface area contributed by atoms with Crippen molar-refractivity contribution >= 4 is 33.0 Å². The predicted octanol–water partition coefficient (Wildman–Crippen LogP) is 1.57. The molecule has 2 aliphatic heterocycles. The molecule has 3 aromatic rings. The van der Waals surface area contributed by atoms with Gasteiger partial charge in [0.1, 0.15) is 16.2 Å². The number of fused-ring (bicyclic) bond motifs is 1. The average molecular weight is 430 g/mol. The number of oxazole rings is 1. The van der Waals surface area contributed by atoms with E-state index in [4.69, 9.17) is 9.15 Å². The van der Waals surface area contributed by atoms with Gasteiger partial charge in [-0.25, -0.2) is 13.4 Å². The normalized spacial score (nSPS) is 18.8. The van der Waals surface area contributed by atoms with Gasteiger partial charge in [-0.05, 0) is 24.3 Å². The van der Waals surface area contributed by atoms with Crippen molar-refractivity contribution in [2.45, 2.75) is 4.90 Å². The van der Waals surface area contributed by atoms with E-state index in [2.05, 4.69) is 19.8 Å². The van der Waals surface area contributed by atoms with Crippen LogP contribution in [0.5, 0.6) is 0 Å². The third kappa shape index (κ3) is 3.62. The molecule has 0 amide bonds. The van der Waals surface area contributed by atoms with Crippen LogP contribution in [0, 0.1) is 0 Å². The molecule has 0 saturated carbocycles. The van der Waals surface area contributed by atoms with Crippen molar-refractivity contribution in [3.05, 3.63) is 42.6 Å². The molecule has 9 nitrogen and oxygen atoms in total. The molecule has 2 fully saturated rings. The van der Waals surface area contributed by atoms with Crippen LogP contribution < -0.4 is 9.80 Å². The molecule has 1 aromatic carbocycles. The Balaban J connectivity index is 1.25. The summed E-state index contributed by atoms with van der Waals surface area (Å²) < 4.78 is 38.0. The molecule has 0 spiro atoms. The number of hydrogen-bond acceptors (Lipinski definition) is 8. The van der Waals surface area contributed by atoms with E-state index in [1.807, 2.05) is 24.3 Å². The first kappa shape index (κ1) is 19.3. The molecule has 0 N–H and O–H groups in total. The van der Waals surface area contributed by atoms with E-state index in [1.165, 1.54) is 10.5 Å². The molecule has 158 valence electrons. The quantitative estimate of drug-likeness (QED) is 0.617. The van der Waals surface area contributed by atoms with Crippen LogP contribution in [0.15, 0.2) is 51.9 Å². The number of piperazine rings is 1. The van der Waals surface area contributed by atoms with Crippen molar-refractivity contribution < 1.29 is 17.6 Å². The van der Waals surface area contributed by atoms with Crippen LogP contribution in [0.1, 0.15) is 0 Å². The average Bonchev–Trinajstić information content (AvgIpc) is 3.24. The number of sulfonamides is 1. The molecule has 0 atom stereocenters.